The molecule has 1 atom stereocenters. The van der Waals surface area contributed by atoms with Gasteiger partial charge in [-0.1, -0.05) is 0 Å². The summed E-state index contributed by atoms with van der Waals surface area (Å²) in [5.41, 5.74) is 2.70. The molecule has 0 spiro atoms. The number of hydrogen-bond acceptors (Lipinski definition) is 4. The van der Waals surface area contributed by atoms with Crippen molar-refractivity contribution in [2.75, 3.05) is 0 Å². The summed E-state index contributed by atoms with van der Waals surface area (Å²) in [5.74, 6) is 0. The Hall–Kier alpha value is -0.710. The summed E-state index contributed by atoms with van der Waals surface area (Å²) in [6, 6.07) is 4.00. The van der Waals surface area contributed by atoms with E-state index in [2.05, 4.69) is 4.98 Å². The summed E-state index contributed by atoms with van der Waals surface area (Å²) in [6.07, 6.45) is -0.499. The van der Waals surface area contributed by atoms with Gasteiger partial charge in [-0.2, -0.15) is 0 Å². The summed E-state index contributed by atoms with van der Waals surface area (Å²) >= 11 is 3.14. The van der Waals surface area contributed by atoms with Crippen LogP contribution in [0.3, 0.4) is 0 Å². The fourth-order valence-corrected chi connectivity index (χ4v) is 3.05. The fraction of sp³-hybridized carbons (Fsp3) is 0.300. The Kier molecular flexibility index (Phi) is 2.67. The van der Waals surface area contributed by atoms with Gasteiger partial charge < -0.3 is 5.11 Å². The van der Waals surface area contributed by atoms with Gasteiger partial charge in [-0.3, -0.25) is 0 Å². The minimum absolute atomic E-state index is 0.499. The molecule has 2 heterocycles. The highest BCUT2D eigenvalue weighted by Gasteiger charge is 2.16. The average Bonchev–Trinajstić information content (AvgIpc) is 2.73. The van der Waals surface area contributed by atoms with E-state index in [1.54, 1.807) is 16.8 Å². The smallest absolute Gasteiger partial charge is 0.124 e. The first-order valence-corrected chi connectivity index (χ1v) is 6.02. The molecule has 2 nitrogen and oxygen atoms in total. The van der Waals surface area contributed by atoms with Crippen LogP contribution in [0, 0.1) is 13.8 Å². The molecule has 74 valence electrons. The standard InChI is InChI=1S/C10H11NOS2/c1-6-3-4-8(14-6)9(12)10-7(2)11-5-13-10/h3-5,9,12H,1-2H3. The third kappa shape index (κ3) is 1.73. The minimum atomic E-state index is -0.499. The van der Waals surface area contributed by atoms with Crippen LogP contribution in [-0.4, -0.2) is 10.1 Å². The predicted octanol–water partition coefficient (Wildman–Crippen LogP) is 2.90. The van der Waals surface area contributed by atoms with Crippen LogP contribution in [-0.2, 0) is 0 Å². The molecule has 0 aliphatic rings. The van der Waals surface area contributed by atoms with Crippen LogP contribution in [0.25, 0.3) is 0 Å². The number of aliphatic hydroxyl groups is 1. The molecule has 1 unspecified atom stereocenters. The molecule has 0 saturated heterocycles. The Morgan fingerprint density at radius 1 is 1.36 bits per heavy atom. The van der Waals surface area contributed by atoms with Crippen LogP contribution in [0.15, 0.2) is 17.6 Å². The van der Waals surface area contributed by atoms with E-state index in [9.17, 15) is 5.11 Å². The maximum Gasteiger partial charge on any atom is 0.124 e. The Bertz CT molecular complexity index is 433. The Morgan fingerprint density at radius 2 is 2.14 bits per heavy atom. The van der Waals surface area contributed by atoms with Gasteiger partial charge in [0.25, 0.3) is 0 Å². The highest BCUT2D eigenvalue weighted by atomic mass is 32.1. The second-order valence-corrected chi connectivity index (χ2v) is 5.36. The van der Waals surface area contributed by atoms with Crippen molar-refractivity contribution in [3.8, 4) is 0 Å². The first-order valence-electron chi connectivity index (χ1n) is 4.33. The lowest BCUT2D eigenvalue weighted by molar-refractivity contribution is 0.227. The number of aryl methyl sites for hydroxylation is 2. The van der Waals surface area contributed by atoms with E-state index in [1.165, 1.54) is 16.2 Å². The number of aliphatic hydroxyl groups excluding tert-OH is 1. The summed E-state index contributed by atoms with van der Waals surface area (Å²) in [7, 11) is 0. The maximum atomic E-state index is 10.1. The molecule has 2 aromatic heterocycles. The molecule has 0 fully saturated rings. The summed E-state index contributed by atoms with van der Waals surface area (Å²) < 4.78 is 0. The van der Waals surface area contributed by atoms with Gasteiger partial charge in [0.1, 0.15) is 6.10 Å². The molecule has 0 aromatic carbocycles. The van der Waals surface area contributed by atoms with Crippen LogP contribution >= 0.6 is 22.7 Å². The SMILES string of the molecule is Cc1ccc(C(O)c2scnc2C)s1. The molecule has 1 N–H and O–H groups in total. The summed E-state index contributed by atoms with van der Waals surface area (Å²) in [6.45, 7) is 3.97. The molecule has 4 heteroatoms. The third-order valence-corrected chi connectivity index (χ3v) is 4.10. The molecule has 0 aliphatic carbocycles. The quantitative estimate of drug-likeness (QED) is 0.852. The zero-order chi connectivity index (χ0) is 10.1. The van der Waals surface area contributed by atoms with Gasteiger partial charge in [0.15, 0.2) is 0 Å². The fourth-order valence-electron chi connectivity index (χ4n) is 1.30. The second kappa shape index (κ2) is 3.81. The molecular weight excluding hydrogens is 214 g/mol. The molecule has 0 amide bonds. The van der Waals surface area contributed by atoms with Gasteiger partial charge in [0, 0.05) is 9.75 Å². The second-order valence-electron chi connectivity index (χ2n) is 3.15. The Balaban J connectivity index is 2.33. The van der Waals surface area contributed by atoms with E-state index < -0.39 is 6.10 Å². The zero-order valence-corrected chi connectivity index (χ0v) is 9.65. The largest absolute Gasteiger partial charge is 0.382 e. The van der Waals surface area contributed by atoms with E-state index >= 15 is 0 Å². The predicted molar refractivity (Wildman–Crippen MR) is 60.0 cm³/mol. The molecule has 0 radical (unpaired) electrons. The van der Waals surface area contributed by atoms with Crippen LogP contribution in [0.4, 0.5) is 0 Å². The Labute approximate surface area is 90.9 Å². The lowest BCUT2D eigenvalue weighted by Gasteiger charge is -2.05. The van der Waals surface area contributed by atoms with E-state index in [0.29, 0.717) is 0 Å². The maximum absolute atomic E-state index is 10.1. The molecule has 0 aliphatic heterocycles. The number of hydrogen-bond donors (Lipinski definition) is 1. The highest BCUT2D eigenvalue weighted by Crippen LogP contribution is 2.31. The van der Waals surface area contributed by atoms with Crippen molar-refractivity contribution in [3.63, 3.8) is 0 Å². The van der Waals surface area contributed by atoms with Gasteiger partial charge >= 0.3 is 0 Å². The van der Waals surface area contributed by atoms with Gasteiger partial charge in [-0.15, -0.1) is 22.7 Å². The molecule has 14 heavy (non-hydrogen) atoms. The van der Waals surface area contributed by atoms with Crippen molar-refractivity contribution in [1.29, 1.82) is 0 Å². The first kappa shape index (κ1) is 9.83. The third-order valence-electron chi connectivity index (χ3n) is 2.06. The van der Waals surface area contributed by atoms with Crippen LogP contribution in [0.2, 0.25) is 0 Å². The number of nitrogens with zero attached hydrogens (tertiary/aromatic N) is 1. The van der Waals surface area contributed by atoms with E-state index in [0.717, 1.165) is 15.4 Å². The molecule has 2 aromatic rings. The monoisotopic (exact) mass is 225 g/mol. The first-order chi connectivity index (χ1) is 6.68. The Morgan fingerprint density at radius 3 is 2.64 bits per heavy atom. The highest BCUT2D eigenvalue weighted by molar-refractivity contribution is 7.12. The van der Waals surface area contributed by atoms with E-state index in [-0.39, 0.29) is 0 Å². The molecule has 0 bridgehead atoms. The van der Waals surface area contributed by atoms with Crippen molar-refractivity contribution >= 4 is 22.7 Å². The van der Waals surface area contributed by atoms with Crippen molar-refractivity contribution in [2.24, 2.45) is 0 Å². The van der Waals surface area contributed by atoms with Crippen LogP contribution < -0.4 is 0 Å². The summed E-state index contributed by atoms with van der Waals surface area (Å²) in [4.78, 5) is 7.30. The normalized spacial score (nSPS) is 13.1. The van der Waals surface area contributed by atoms with Gasteiger partial charge in [-0.05, 0) is 26.0 Å². The van der Waals surface area contributed by atoms with Crippen molar-refractivity contribution in [2.45, 2.75) is 20.0 Å². The lowest BCUT2D eigenvalue weighted by atomic mass is 10.2. The molecular formula is C10H11NOS2. The van der Waals surface area contributed by atoms with Crippen LogP contribution in [0.1, 0.15) is 26.4 Å². The topological polar surface area (TPSA) is 33.1 Å². The number of thiazole rings is 1. The van der Waals surface area contributed by atoms with Crippen LogP contribution in [0.5, 0.6) is 0 Å². The number of thiophene rings is 1. The van der Waals surface area contributed by atoms with Crippen molar-refractivity contribution in [3.05, 3.63) is 38.0 Å². The van der Waals surface area contributed by atoms with Gasteiger partial charge in [-0.25, -0.2) is 4.98 Å². The average molecular weight is 225 g/mol. The minimum Gasteiger partial charge on any atom is -0.382 e. The lowest BCUT2D eigenvalue weighted by Crippen LogP contribution is -1.95. The zero-order valence-electron chi connectivity index (χ0n) is 8.02. The van der Waals surface area contributed by atoms with Crippen molar-refractivity contribution < 1.29 is 5.11 Å². The summed E-state index contributed by atoms with van der Waals surface area (Å²) in [5, 5.41) is 10.1. The molecule has 0 saturated carbocycles. The van der Waals surface area contributed by atoms with E-state index in [4.69, 9.17) is 0 Å². The van der Waals surface area contributed by atoms with Gasteiger partial charge in [0.05, 0.1) is 16.1 Å². The number of rotatable bonds is 2. The number of aromatic nitrogens is 1. The molecule has 2 rings (SSSR count). The van der Waals surface area contributed by atoms with Crippen molar-refractivity contribution in [1.82, 2.24) is 4.98 Å². The van der Waals surface area contributed by atoms with Gasteiger partial charge in [0.2, 0.25) is 0 Å². The van der Waals surface area contributed by atoms with E-state index in [1.807, 2.05) is 26.0 Å².